The van der Waals surface area contributed by atoms with Crippen LogP contribution in [-0.4, -0.2) is 106 Å². The second-order valence-electron chi connectivity index (χ2n) is 9.81. The summed E-state index contributed by atoms with van der Waals surface area (Å²) < 4.78 is 0. The van der Waals surface area contributed by atoms with Gasteiger partial charge in [-0.15, -0.1) is 0 Å². The van der Waals surface area contributed by atoms with Crippen LogP contribution in [0.2, 0.25) is 0 Å². The molecular weight excluding hydrogens is 530 g/mol. The Hall–Kier alpha value is -4.29. The Morgan fingerprint density at radius 1 is 0.634 bits per heavy atom. The molecule has 0 aliphatic heterocycles. The van der Waals surface area contributed by atoms with Gasteiger partial charge in [0.2, 0.25) is 5.91 Å². The van der Waals surface area contributed by atoms with Crippen molar-refractivity contribution in [2.24, 2.45) is 0 Å². The summed E-state index contributed by atoms with van der Waals surface area (Å²) in [5.41, 5.74) is 2.98. The largest absolute Gasteiger partial charge is 0.480 e. The molecule has 12 nitrogen and oxygen atoms in total. The molecule has 0 spiro atoms. The number of benzene rings is 2. The number of carbonyl (C=O) groups is 4. The normalized spacial score (nSPS) is 11.3. The van der Waals surface area contributed by atoms with Gasteiger partial charge in [0.1, 0.15) is 0 Å². The molecule has 2 aromatic carbocycles. The Morgan fingerprint density at radius 2 is 1.10 bits per heavy atom. The first-order valence-corrected chi connectivity index (χ1v) is 13.6. The number of carbonyl (C=O) groups excluding carboxylic acids is 1. The van der Waals surface area contributed by atoms with Gasteiger partial charge in [-0.1, -0.05) is 49.2 Å². The average molecular weight is 568 g/mol. The van der Waals surface area contributed by atoms with Gasteiger partial charge in [-0.3, -0.25) is 29.0 Å². The van der Waals surface area contributed by atoms with E-state index in [-0.39, 0.29) is 25.5 Å². The highest BCUT2D eigenvalue weighted by atomic mass is 16.4. The summed E-state index contributed by atoms with van der Waals surface area (Å²) in [6.07, 6.45) is 3.61. The molecule has 3 rings (SSSR count). The molecule has 0 aliphatic carbocycles. The Labute approximate surface area is 238 Å². The minimum Gasteiger partial charge on any atom is -0.480 e. The van der Waals surface area contributed by atoms with Crippen LogP contribution in [0.1, 0.15) is 25.7 Å². The molecule has 0 atom stereocenters. The molecular formula is C29H37N5O7. The fraction of sp³-hybridized carbons (Fsp3) is 0.414. The lowest BCUT2D eigenvalue weighted by Crippen LogP contribution is -2.45. The first kappa shape index (κ1) is 31.2. The molecule has 0 radical (unpaired) electrons. The Balaban J connectivity index is 1.37. The van der Waals surface area contributed by atoms with Crippen LogP contribution in [0.15, 0.2) is 48.5 Å². The Morgan fingerprint density at radius 3 is 1.61 bits per heavy atom. The number of rotatable bonds is 19. The quantitative estimate of drug-likeness (QED) is 0.106. The van der Waals surface area contributed by atoms with Crippen molar-refractivity contribution in [3.05, 3.63) is 48.5 Å². The minimum absolute atomic E-state index is 0.00171. The third-order valence-electron chi connectivity index (χ3n) is 6.49. The van der Waals surface area contributed by atoms with Crippen molar-refractivity contribution >= 4 is 51.3 Å². The molecule has 1 heterocycles. The topological polar surface area (TPSA) is 172 Å². The van der Waals surface area contributed by atoms with Crippen LogP contribution >= 0.6 is 0 Å². The van der Waals surface area contributed by atoms with Gasteiger partial charge in [0.25, 0.3) is 0 Å². The third-order valence-corrected chi connectivity index (χ3v) is 6.49. The fourth-order valence-electron chi connectivity index (χ4n) is 4.62. The second-order valence-corrected chi connectivity index (χ2v) is 9.81. The van der Waals surface area contributed by atoms with E-state index >= 15 is 0 Å². The second kappa shape index (κ2) is 16.1. The number of hydrogen-bond acceptors (Lipinski definition) is 8. The summed E-state index contributed by atoms with van der Waals surface area (Å²) in [5, 5.41) is 35.6. The Bertz CT molecular complexity index is 1280. The maximum Gasteiger partial charge on any atom is 0.317 e. The molecule has 41 heavy (non-hydrogen) atoms. The SMILES string of the molecule is O=C(O)CN(CCN(CC(=O)O)CC(=O)NCCCCCCNc1c2ccccc2nc2ccccc12)CC(=O)O. The molecule has 0 bridgehead atoms. The van der Waals surface area contributed by atoms with E-state index in [9.17, 15) is 19.2 Å². The van der Waals surface area contributed by atoms with Gasteiger partial charge in [0.05, 0.1) is 42.9 Å². The third kappa shape index (κ3) is 10.7. The van der Waals surface area contributed by atoms with Crippen molar-refractivity contribution in [3.63, 3.8) is 0 Å². The number of nitrogens with one attached hydrogen (secondary N) is 2. The van der Waals surface area contributed by atoms with Gasteiger partial charge in [-0.2, -0.15) is 0 Å². The molecule has 5 N–H and O–H groups in total. The van der Waals surface area contributed by atoms with Crippen LogP contribution in [0.25, 0.3) is 21.8 Å². The van der Waals surface area contributed by atoms with E-state index in [0.717, 1.165) is 59.7 Å². The molecule has 3 aromatic rings. The molecule has 0 saturated heterocycles. The van der Waals surface area contributed by atoms with Gasteiger partial charge in [0.15, 0.2) is 0 Å². The fourth-order valence-corrected chi connectivity index (χ4v) is 4.62. The van der Waals surface area contributed by atoms with E-state index in [1.807, 2.05) is 36.4 Å². The van der Waals surface area contributed by atoms with Crippen LogP contribution < -0.4 is 10.6 Å². The average Bonchev–Trinajstić information content (AvgIpc) is 2.91. The van der Waals surface area contributed by atoms with Crippen LogP contribution in [0.4, 0.5) is 5.69 Å². The molecule has 0 saturated carbocycles. The van der Waals surface area contributed by atoms with Crippen molar-refractivity contribution in [2.75, 3.05) is 57.7 Å². The van der Waals surface area contributed by atoms with Gasteiger partial charge >= 0.3 is 17.9 Å². The van der Waals surface area contributed by atoms with E-state index in [1.165, 1.54) is 9.80 Å². The number of pyridine rings is 1. The number of para-hydroxylation sites is 2. The number of carboxylic acid groups (broad SMARTS) is 3. The van der Waals surface area contributed by atoms with E-state index in [4.69, 9.17) is 20.3 Å². The summed E-state index contributed by atoms with van der Waals surface area (Å²) in [5.74, 6) is -3.86. The van der Waals surface area contributed by atoms with Crippen LogP contribution in [-0.2, 0) is 19.2 Å². The van der Waals surface area contributed by atoms with Crippen LogP contribution in [0.3, 0.4) is 0 Å². The van der Waals surface area contributed by atoms with Crippen molar-refractivity contribution in [1.29, 1.82) is 0 Å². The summed E-state index contributed by atoms with van der Waals surface area (Å²) in [6.45, 7) is -0.302. The highest BCUT2D eigenvalue weighted by molar-refractivity contribution is 6.07. The first-order valence-electron chi connectivity index (χ1n) is 13.6. The van der Waals surface area contributed by atoms with Gasteiger partial charge in [0, 0.05) is 37.0 Å². The molecule has 0 fully saturated rings. The number of unbranched alkanes of at least 4 members (excludes halogenated alkanes) is 3. The maximum atomic E-state index is 12.4. The number of fused-ring (bicyclic) bond motifs is 2. The van der Waals surface area contributed by atoms with E-state index in [2.05, 4.69) is 22.8 Å². The van der Waals surface area contributed by atoms with Crippen molar-refractivity contribution in [3.8, 4) is 0 Å². The number of amides is 1. The van der Waals surface area contributed by atoms with Crippen molar-refractivity contribution in [1.82, 2.24) is 20.1 Å². The highest BCUT2D eigenvalue weighted by Crippen LogP contribution is 2.30. The lowest BCUT2D eigenvalue weighted by atomic mass is 10.1. The summed E-state index contributed by atoms with van der Waals surface area (Å²) in [4.78, 5) is 52.8. The molecule has 0 unspecified atom stereocenters. The zero-order chi connectivity index (χ0) is 29.6. The van der Waals surface area contributed by atoms with E-state index in [1.54, 1.807) is 0 Å². The van der Waals surface area contributed by atoms with Gasteiger partial charge in [-0.25, -0.2) is 4.98 Å². The van der Waals surface area contributed by atoms with Gasteiger partial charge in [-0.05, 0) is 25.0 Å². The molecule has 1 aromatic heterocycles. The molecule has 12 heteroatoms. The standard InChI is InChI=1S/C29H37N5O7/c35-25(17-33(18-26(36)37)15-16-34(19-27(38)39)20-28(40)41)30-13-7-1-2-8-14-31-29-21-9-3-5-11-23(21)32-24-12-6-4-10-22(24)29/h3-6,9-12H,1-2,7-8,13-20H2,(H,30,35)(H,31,32)(H,36,37)(H,38,39)(H,40,41). The predicted molar refractivity (Wildman–Crippen MR) is 155 cm³/mol. The lowest BCUT2D eigenvalue weighted by molar-refractivity contribution is -0.143. The molecule has 0 aliphatic rings. The first-order chi connectivity index (χ1) is 19.7. The summed E-state index contributed by atoms with van der Waals surface area (Å²) in [7, 11) is 0. The lowest BCUT2D eigenvalue weighted by Gasteiger charge is -2.24. The molecule has 220 valence electrons. The molecule has 1 amide bonds. The zero-order valence-corrected chi connectivity index (χ0v) is 22.9. The summed E-state index contributed by atoms with van der Waals surface area (Å²) in [6, 6.07) is 16.1. The van der Waals surface area contributed by atoms with Crippen LogP contribution in [0.5, 0.6) is 0 Å². The van der Waals surface area contributed by atoms with Crippen molar-refractivity contribution in [2.45, 2.75) is 25.7 Å². The number of carboxylic acids is 3. The predicted octanol–water partition coefficient (Wildman–Crippen LogP) is 2.33. The highest BCUT2D eigenvalue weighted by Gasteiger charge is 2.18. The minimum atomic E-state index is -1.19. The number of hydrogen-bond donors (Lipinski definition) is 5. The number of nitrogens with zero attached hydrogens (tertiary/aromatic N) is 3. The number of aromatic nitrogens is 1. The monoisotopic (exact) mass is 567 g/mol. The van der Waals surface area contributed by atoms with Crippen LogP contribution in [0, 0.1) is 0 Å². The van der Waals surface area contributed by atoms with E-state index in [0.29, 0.717) is 6.54 Å². The zero-order valence-electron chi connectivity index (χ0n) is 22.9. The number of aliphatic carboxylic acids is 3. The van der Waals surface area contributed by atoms with E-state index < -0.39 is 37.5 Å². The van der Waals surface area contributed by atoms with Crippen molar-refractivity contribution < 1.29 is 34.5 Å². The smallest absolute Gasteiger partial charge is 0.317 e. The van der Waals surface area contributed by atoms with Gasteiger partial charge < -0.3 is 26.0 Å². The number of anilines is 1. The summed E-state index contributed by atoms with van der Waals surface area (Å²) >= 11 is 0. The maximum absolute atomic E-state index is 12.4. The Kier molecular flexibility index (Phi) is 12.3.